The molecule has 0 saturated heterocycles. The van der Waals surface area contributed by atoms with Crippen LogP contribution in [0.3, 0.4) is 0 Å². The van der Waals surface area contributed by atoms with Gasteiger partial charge < -0.3 is 4.74 Å². The van der Waals surface area contributed by atoms with Gasteiger partial charge in [-0.2, -0.15) is 0 Å². The molecule has 3 aliphatic rings. The normalized spacial score (nSPS) is 32.5. The molecular formula is C28H41FO2. The summed E-state index contributed by atoms with van der Waals surface area (Å²) in [6.07, 6.45) is 19.0. The van der Waals surface area contributed by atoms with E-state index in [4.69, 9.17) is 4.74 Å². The summed E-state index contributed by atoms with van der Waals surface area (Å²) in [7, 11) is 0. The molecule has 31 heavy (non-hydrogen) atoms. The van der Waals surface area contributed by atoms with Crippen molar-refractivity contribution in [1.82, 2.24) is 0 Å². The zero-order chi connectivity index (χ0) is 21.7. The van der Waals surface area contributed by atoms with Crippen molar-refractivity contribution in [3.05, 3.63) is 35.6 Å². The highest BCUT2D eigenvalue weighted by Crippen LogP contribution is 2.49. The molecule has 4 rings (SSSR count). The lowest BCUT2D eigenvalue weighted by Gasteiger charge is -2.48. The Labute approximate surface area is 188 Å². The van der Waals surface area contributed by atoms with Crippen LogP contribution in [0.1, 0.15) is 114 Å². The van der Waals surface area contributed by atoms with Gasteiger partial charge in [-0.25, -0.2) is 9.18 Å². The van der Waals surface area contributed by atoms with Crippen molar-refractivity contribution < 1.29 is 13.9 Å². The zero-order valence-electron chi connectivity index (χ0n) is 19.4. The van der Waals surface area contributed by atoms with Gasteiger partial charge in [-0.1, -0.05) is 51.9 Å². The number of esters is 1. The summed E-state index contributed by atoms with van der Waals surface area (Å²) in [4.78, 5) is 13.0. The van der Waals surface area contributed by atoms with Gasteiger partial charge in [-0.05, 0) is 99.3 Å². The second kappa shape index (κ2) is 10.5. The number of benzene rings is 1. The van der Waals surface area contributed by atoms with E-state index in [0.29, 0.717) is 11.5 Å². The highest BCUT2D eigenvalue weighted by molar-refractivity contribution is 5.89. The lowest BCUT2D eigenvalue weighted by atomic mass is 9.63. The standard InChI is InChI=1S/C28H41FO2/c1-2-6-21-9-11-22(12-10-21)23-17-19-28(20-18-23,25-7-4-3-5-8-25)31-27(30)24-13-15-26(29)16-14-24/h13-16,21-23,25H,2-12,17-20H2,1H3/t21-,22-,23-,28+. The van der Waals surface area contributed by atoms with Crippen molar-refractivity contribution in [3.63, 3.8) is 0 Å². The minimum absolute atomic E-state index is 0.260. The monoisotopic (exact) mass is 428 g/mol. The molecule has 1 aromatic carbocycles. The van der Waals surface area contributed by atoms with E-state index in [2.05, 4.69) is 6.92 Å². The van der Waals surface area contributed by atoms with E-state index in [1.807, 2.05) is 0 Å². The summed E-state index contributed by atoms with van der Waals surface area (Å²) in [5.74, 6) is 2.57. The molecule has 1 aromatic rings. The number of ether oxygens (including phenoxy) is 1. The predicted molar refractivity (Wildman–Crippen MR) is 123 cm³/mol. The molecule has 0 heterocycles. The minimum Gasteiger partial charge on any atom is -0.455 e. The molecule has 0 atom stereocenters. The van der Waals surface area contributed by atoms with Gasteiger partial charge in [0.15, 0.2) is 0 Å². The van der Waals surface area contributed by atoms with E-state index in [9.17, 15) is 9.18 Å². The number of carbonyl (C=O) groups excluding carboxylic acids is 1. The number of hydrogen-bond donors (Lipinski definition) is 0. The molecule has 0 bridgehead atoms. The van der Waals surface area contributed by atoms with Gasteiger partial charge in [-0.15, -0.1) is 0 Å². The fourth-order valence-electron chi connectivity index (χ4n) is 7.01. The summed E-state index contributed by atoms with van der Waals surface area (Å²) in [6.45, 7) is 2.31. The predicted octanol–water partition coefficient (Wildman–Crippen LogP) is 8.10. The van der Waals surface area contributed by atoms with E-state index in [1.54, 1.807) is 12.1 Å². The Morgan fingerprint density at radius 3 is 2.13 bits per heavy atom. The molecule has 0 unspecified atom stereocenters. The Bertz CT molecular complexity index is 690. The molecule has 2 nitrogen and oxygen atoms in total. The van der Waals surface area contributed by atoms with Crippen molar-refractivity contribution in [2.24, 2.45) is 23.7 Å². The van der Waals surface area contributed by atoms with Gasteiger partial charge in [0.25, 0.3) is 0 Å². The Balaban J connectivity index is 1.41. The molecular weight excluding hydrogens is 387 g/mol. The second-order valence-corrected chi connectivity index (χ2v) is 10.7. The van der Waals surface area contributed by atoms with Crippen LogP contribution < -0.4 is 0 Å². The molecule has 0 aromatic heterocycles. The van der Waals surface area contributed by atoms with Crippen LogP contribution in [0.5, 0.6) is 0 Å². The maximum atomic E-state index is 13.3. The van der Waals surface area contributed by atoms with Gasteiger partial charge >= 0.3 is 5.97 Å². The van der Waals surface area contributed by atoms with Gasteiger partial charge in [0.1, 0.15) is 11.4 Å². The number of carbonyl (C=O) groups is 1. The molecule has 3 fully saturated rings. The molecule has 3 heteroatoms. The molecule has 0 aliphatic heterocycles. The summed E-state index contributed by atoms with van der Waals surface area (Å²) >= 11 is 0. The highest BCUT2D eigenvalue weighted by atomic mass is 19.1. The van der Waals surface area contributed by atoms with Gasteiger partial charge in [-0.3, -0.25) is 0 Å². The van der Waals surface area contributed by atoms with Crippen molar-refractivity contribution >= 4 is 5.97 Å². The smallest absolute Gasteiger partial charge is 0.338 e. The molecule has 172 valence electrons. The van der Waals surface area contributed by atoms with Crippen molar-refractivity contribution in [2.75, 3.05) is 0 Å². The summed E-state index contributed by atoms with van der Waals surface area (Å²) in [5, 5.41) is 0. The first-order valence-corrected chi connectivity index (χ1v) is 13.1. The second-order valence-electron chi connectivity index (χ2n) is 10.7. The molecule has 3 saturated carbocycles. The first kappa shape index (κ1) is 22.8. The van der Waals surface area contributed by atoms with Crippen molar-refractivity contribution in [3.8, 4) is 0 Å². The van der Waals surface area contributed by atoms with Gasteiger partial charge in [0.05, 0.1) is 5.56 Å². The average Bonchev–Trinajstić information content (AvgIpc) is 2.81. The summed E-state index contributed by atoms with van der Waals surface area (Å²) < 4.78 is 19.7. The maximum Gasteiger partial charge on any atom is 0.338 e. The fraction of sp³-hybridized carbons (Fsp3) is 0.750. The minimum atomic E-state index is -0.312. The molecule has 0 amide bonds. The third-order valence-electron chi connectivity index (χ3n) is 8.86. The topological polar surface area (TPSA) is 26.3 Å². The number of rotatable bonds is 6. The first-order chi connectivity index (χ1) is 15.1. The lowest BCUT2D eigenvalue weighted by molar-refractivity contribution is -0.0932. The third-order valence-corrected chi connectivity index (χ3v) is 8.86. The van der Waals surface area contributed by atoms with Crippen LogP contribution in [0.4, 0.5) is 4.39 Å². The third kappa shape index (κ3) is 5.52. The van der Waals surface area contributed by atoms with Crippen molar-refractivity contribution in [2.45, 2.75) is 109 Å². The van der Waals surface area contributed by atoms with Crippen LogP contribution >= 0.6 is 0 Å². The Hall–Kier alpha value is -1.38. The van der Waals surface area contributed by atoms with E-state index < -0.39 is 0 Å². The van der Waals surface area contributed by atoms with E-state index in [0.717, 1.165) is 30.6 Å². The van der Waals surface area contributed by atoms with Crippen molar-refractivity contribution in [1.29, 1.82) is 0 Å². The number of hydrogen-bond acceptors (Lipinski definition) is 2. The SMILES string of the molecule is CCC[C@H]1CC[C@H]([C@H]2CC[C@](OC(=O)c3ccc(F)cc3)(C3CCCCC3)CC2)CC1. The molecule has 3 aliphatic carbocycles. The highest BCUT2D eigenvalue weighted by Gasteiger charge is 2.46. The lowest BCUT2D eigenvalue weighted by Crippen LogP contribution is -2.47. The average molecular weight is 429 g/mol. The van der Waals surface area contributed by atoms with Crippen LogP contribution in [-0.4, -0.2) is 11.6 Å². The first-order valence-electron chi connectivity index (χ1n) is 13.1. The number of halogens is 1. The quantitative estimate of drug-likeness (QED) is 0.428. The molecule has 0 radical (unpaired) electrons. The zero-order valence-corrected chi connectivity index (χ0v) is 19.4. The van der Waals surface area contributed by atoms with E-state index >= 15 is 0 Å². The van der Waals surface area contributed by atoms with Crippen LogP contribution in [0.25, 0.3) is 0 Å². The Morgan fingerprint density at radius 2 is 1.52 bits per heavy atom. The largest absolute Gasteiger partial charge is 0.455 e. The maximum absolute atomic E-state index is 13.3. The van der Waals surface area contributed by atoms with Gasteiger partial charge in [0, 0.05) is 0 Å². The van der Waals surface area contributed by atoms with Crippen LogP contribution in [-0.2, 0) is 4.74 Å². The molecule has 0 spiro atoms. The Morgan fingerprint density at radius 1 is 0.903 bits per heavy atom. The fourth-order valence-corrected chi connectivity index (χ4v) is 7.01. The van der Waals surface area contributed by atoms with Crippen LogP contribution in [0, 0.1) is 29.5 Å². The summed E-state index contributed by atoms with van der Waals surface area (Å²) in [6, 6.07) is 5.84. The van der Waals surface area contributed by atoms with Crippen LogP contribution in [0.2, 0.25) is 0 Å². The van der Waals surface area contributed by atoms with E-state index in [1.165, 1.54) is 95.6 Å². The molecule has 0 N–H and O–H groups in total. The van der Waals surface area contributed by atoms with Crippen LogP contribution in [0.15, 0.2) is 24.3 Å². The Kier molecular flexibility index (Phi) is 7.72. The van der Waals surface area contributed by atoms with E-state index in [-0.39, 0.29) is 17.4 Å². The van der Waals surface area contributed by atoms with Gasteiger partial charge in [0.2, 0.25) is 0 Å². The summed E-state index contributed by atoms with van der Waals surface area (Å²) in [5.41, 5.74) is 0.176.